The highest BCUT2D eigenvalue weighted by molar-refractivity contribution is 6.30. The van der Waals surface area contributed by atoms with Gasteiger partial charge in [0.25, 0.3) is 0 Å². The van der Waals surface area contributed by atoms with Crippen molar-refractivity contribution >= 4 is 23.6 Å². The van der Waals surface area contributed by atoms with Crippen LogP contribution >= 0.6 is 11.6 Å². The third-order valence-corrected chi connectivity index (χ3v) is 6.17. The maximum atomic E-state index is 12.7. The van der Waals surface area contributed by atoms with Gasteiger partial charge >= 0.3 is 6.09 Å². The van der Waals surface area contributed by atoms with E-state index in [-0.39, 0.29) is 25.7 Å². The van der Waals surface area contributed by atoms with E-state index in [0.29, 0.717) is 36.4 Å². The van der Waals surface area contributed by atoms with Crippen molar-refractivity contribution < 1.29 is 19.1 Å². The van der Waals surface area contributed by atoms with E-state index in [9.17, 15) is 9.59 Å². The third-order valence-electron chi connectivity index (χ3n) is 5.91. The molecule has 0 saturated carbocycles. The van der Waals surface area contributed by atoms with Crippen molar-refractivity contribution in [1.82, 2.24) is 25.0 Å². The van der Waals surface area contributed by atoms with Gasteiger partial charge in [-0.05, 0) is 37.1 Å². The molecule has 0 spiro atoms. The molecule has 2 amide bonds. The van der Waals surface area contributed by atoms with E-state index in [2.05, 4.69) is 15.5 Å². The standard InChI is InChI=1S/C26H31ClN6O4/c1-26(2,28)24(34)29-21(17-36-15-18-6-4-3-5-7-18)23-31-30-22-14-32(12-13-33(22)23)25(35)37-16-19-8-10-20(27)11-9-19/h3-11,21H,12-17,28H2,1-2H3,(H,29,34)/t21-/m1/s1. The molecule has 0 bridgehead atoms. The lowest BCUT2D eigenvalue weighted by molar-refractivity contribution is -0.126. The Morgan fingerprint density at radius 3 is 2.46 bits per heavy atom. The van der Waals surface area contributed by atoms with Crippen LogP contribution in [0.5, 0.6) is 0 Å². The lowest BCUT2D eigenvalue weighted by Crippen LogP contribution is -2.51. The number of carbonyl (C=O) groups is 2. The summed E-state index contributed by atoms with van der Waals surface area (Å²) in [6.45, 7) is 5.08. The molecule has 4 rings (SSSR count). The molecule has 10 nitrogen and oxygen atoms in total. The Morgan fingerprint density at radius 2 is 1.76 bits per heavy atom. The number of halogens is 1. The second kappa shape index (κ2) is 11.7. The smallest absolute Gasteiger partial charge is 0.410 e. The number of fused-ring (bicyclic) bond motifs is 1. The minimum Gasteiger partial charge on any atom is -0.445 e. The number of aromatic nitrogens is 3. The minimum atomic E-state index is -1.08. The van der Waals surface area contributed by atoms with Crippen molar-refractivity contribution in [2.75, 3.05) is 13.2 Å². The largest absolute Gasteiger partial charge is 0.445 e. The van der Waals surface area contributed by atoms with E-state index in [4.69, 9.17) is 26.8 Å². The summed E-state index contributed by atoms with van der Waals surface area (Å²) < 4.78 is 13.3. The number of benzene rings is 2. The van der Waals surface area contributed by atoms with Crippen LogP contribution in [0, 0.1) is 0 Å². The zero-order valence-electron chi connectivity index (χ0n) is 20.9. The number of carbonyl (C=O) groups excluding carboxylic acids is 2. The minimum absolute atomic E-state index is 0.145. The summed E-state index contributed by atoms with van der Waals surface area (Å²) in [7, 11) is 0. The van der Waals surface area contributed by atoms with Crippen molar-refractivity contribution in [1.29, 1.82) is 0 Å². The van der Waals surface area contributed by atoms with Gasteiger partial charge in [0, 0.05) is 18.1 Å². The Morgan fingerprint density at radius 1 is 1.05 bits per heavy atom. The van der Waals surface area contributed by atoms with Gasteiger partial charge in [-0.3, -0.25) is 9.69 Å². The van der Waals surface area contributed by atoms with Crippen molar-refractivity contribution in [3.63, 3.8) is 0 Å². The van der Waals surface area contributed by atoms with Crippen LogP contribution in [0.4, 0.5) is 4.79 Å². The monoisotopic (exact) mass is 526 g/mol. The van der Waals surface area contributed by atoms with Crippen molar-refractivity contribution in [2.45, 2.75) is 51.7 Å². The van der Waals surface area contributed by atoms with E-state index in [0.717, 1.165) is 11.1 Å². The van der Waals surface area contributed by atoms with E-state index in [1.807, 2.05) is 47.0 Å². The molecule has 1 aromatic heterocycles. The van der Waals surface area contributed by atoms with Gasteiger partial charge in [-0.25, -0.2) is 4.79 Å². The summed E-state index contributed by atoms with van der Waals surface area (Å²) in [6.07, 6.45) is -0.438. The Balaban J connectivity index is 1.41. The number of ether oxygens (including phenoxy) is 2. The molecule has 1 aliphatic rings. The van der Waals surface area contributed by atoms with Crippen LogP contribution in [0.15, 0.2) is 54.6 Å². The molecule has 2 aromatic carbocycles. The molecule has 2 heterocycles. The molecule has 196 valence electrons. The molecule has 1 atom stereocenters. The summed E-state index contributed by atoms with van der Waals surface area (Å²) in [5, 5.41) is 12.2. The van der Waals surface area contributed by atoms with Gasteiger partial charge < -0.3 is 25.1 Å². The number of nitrogens with zero attached hydrogens (tertiary/aromatic N) is 4. The number of nitrogens with one attached hydrogen (secondary N) is 1. The second-order valence-electron chi connectivity index (χ2n) is 9.48. The molecular weight excluding hydrogens is 496 g/mol. The summed E-state index contributed by atoms with van der Waals surface area (Å²) in [6, 6.07) is 16.3. The average molecular weight is 527 g/mol. The maximum Gasteiger partial charge on any atom is 0.410 e. The molecule has 1 aliphatic heterocycles. The number of hydrogen-bond acceptors (Lipinski definition) is 7. The second-order valence-corrected chi connectivity index (χ2v) is 9.91. The topological polar surface area (TPSA) is 125 Å². The predicted octanol–water partition coefficient (Wildman–Crippen LogP) is 3.20. The zero-order valence-corrected chi connectivity index (χ0v) is 21.6. The Hall–Kier alpha value is -3.47. The fourth-order valence-corrected chi connectivity index (χ4v) is 3.93. The first-order chi connectivity index (χ1) is 17.7. The number of amides is 2. The first-order valence-electron chi connectivity index (χ1n) is 12.0. The molecule has 3 aromatic rings. The summed E-state index contributed by atoms with van der Waals surface area (Å²) in [4.78, 5) is 26.9. The first-order valence-corrected chi connectivity index (χ1v) is 12.4. The van der Waals surface area contributed by atoms with Crippen LogP contribution in [0.2, 0.25) is 5.02 Å². The molecule has 3 N–H and O–H groups in total. The van der Waals surface area contributed by atoms with E-state index in [1.54, 1.807) is 30.9 Å². The van der Waals surface area contributed by atoms with Crippen LogP contribution in [0.1, 0.15) is 42.7 Å². The molecule has 37 heavy (non-hydrogen) atoms. The summed E-state index contributed by atoms with van der Waals surface area (Å²) >= 11 is 5.91. The molecule has 0 radical (unpaired) electrons. The van der Waals surface area contributed by atoms with Crippen molar-refractivity contribution in [3.05, 3.63) is 82.4 Å². The van der Waals surface area contributed by atoms with Crippen LogP contribution < -0.4 is 11.1 Å². The molecule has 11 heteroatoms. The SMILES string of the molecule is CC(C)(N)C(=O)N[C@H](COCc1ccccc1)c1nnc2n1CCN(C(=O)OCc1ccc(Cl)cc1)C2. The lowest BCUT2D eigenvalue weighted by Gasteiger charge is -2.29. The maximum absolute atomic E-state index is 12.7. The van der Waals surface area contributed by atoms with Gasteiger partial charge in [0.05, 0.1) is 25.3 Å². The molecule has 0 aliphatic carbocycles. The van der Waals surface area contributed by atoms with Gasteiger partial charge in [0.2, 0.25) is 5.91 Å². The van der Waals surface area contributed by atoms with Crippen LogP contribution in [0.3, 0.4) is 0 Å². The van der Waals surface area contributed by atoms with E-state index in [1.165, 1.54) is 0 Å². The lowest BCUT2D eigenvalue weighted by atomic mass is 10.1. The Labute approximate surface area is 220 Å². The predicted molar refractivity (Wildman–Crippen MR) is 137 cm³/mol. The van der Waals surface area contributed by atoms with E-state index >= 15 is 0 Å². The van der Waals surface area contributed by atoms with Crippen LogP contribution in [-0.4, -0.2) is 50.4 Å². The normalized spacial score (nSPS) is 14.1. The Bertz CT molecular complexity index is 1210. The van der Waals surface area contributed by atoms with Gasteiger partial charge in [-0.2, -0.15) is 0 Å². The summed E-state index contributed by atoms with van der Waals surface area (Å²) in [5.41, 5.74) is 6.79. The molecule has 0 saturated heterocycles. The van der Waals surface area contributed by atoms with E-state index < -0.39 is 17.7 Å². The number of hydrogen-bond donors (Lipinski definition) is 2. The zero-order chi connectivity index (χ0) is 26.4. The quantitative estimate of drug-likeness (QED) is 0.438. The fourth-order valence-electron chi connectivity index (χ4n) is 3.80. The van der Waals surface area contributed by atoms with Gasteiger partial charge in [-0.15, -0.1) is 10.2 Å². The average Bonchev–Trinajstić information content (AvgIpc) is 3.31. The van der Waals surface area contributed by atoms with Crippen LogP contribution in [0.25, 0.3) is 0 Å². The number of rotatable bonds is 9. The van der Waals surface area contributed by atoms with Gasteiger partial charge in [-0.1, -0.05) is 54.1 Å². The highest BCUT2D eigenvalue weighted by atomic mass is 35.5. The third kappa shape index (κ3) is 7.06. The highest BCUT2D eigenvalue weighted by Crippen LogP contribution is 2.20. The van der Waals surface area contributed by atoms with Gasteiger partial charge in [0.1, 0.15) is 12.6 Å². The van der Waals surface area contributed by atoms with Gasteiger partial charge in [0.15, 0.2) is 11.6 Å². The highest BCUT2D eigenvalue weighted by Gasteiger charge is 2.31. The van der Waals surface area contributed by atoms with Crippen molar-refractivity contribution in [3.8, 4) is 0 Å². The molecule has 0 unspecified atom stereocenters. The van der Waals surface area contributed by atoms with Crippen molar-refractivity contribution in [2.24, 2.45) is 5.73 Å². The van der Waals surface area contributed by atoms with Crippen LogP contribution in [-0.2, 0) is 40.6 Å². The fraction of sp³-hybridized carbons (Fsp3) is 0.385. The Kier molecular flexibility index (Phi) is 8.42. The molecular formula is C26H31ClN6O4. The number of nitrogens with two attached hydrogens (primary N) is 1. The first kappa shape index (κ1) is 26.6. The molecule has 0 fully saturated rings. The summed E-state index contributed by atoms with van der Waals surface area (Å²) in [5.74, 6) is 0.815.